The van der Waals surface area contributed by atoms with E-state index in [0.29, 0.717) is 38.3 Å². The molecule has 1 aliphatic rings. The van der Waals surface area contributed by atoms with Gasteiger partial charge >= 0.3 is 0 Å². The van der Waals surface area contributed by atoms with Crippen molar-refractivity contribution in [3.8, 4) is 0 Å². The first kappa shape index (κ1) is 17.0. The zero-order chi connectivity index (χ0) is 17.4. The lowest BCUT2D eigenvalue weighted by Crippen LogP contribution is -2.34. The van der Waals surface area contributed by atoms with Gasteiger partial charge in [-0.15, -0.1) is 11.3 Å². The number of aryl methyl sites for hydroxylation is 1. The molecule has 126 valence electrons. The summed E-state index contributed by atoms with van der Waals surface area (Å²) in [5.74, 6) is -1.16. The zero-order valence-electron chi connectivity index (χ0n) is 12.3. The van der Waals surface area contributed by atoms with Crippen LogP contribution in [0.3, 0.4) is 0 Å². The molecule has 0 radical (unpaired) electrons. The fourth-order valence-electron chi connectivity index (χ4n) is 2.80. The monoisotopic (exact) mass is 385 g/mol. The van der Waals surface area contributed by atoms with Gasteiger partial charge in [0.15, 0.2) is 0 Å². The van der Waals surface area contributed by atoms with Crippen LogP contribution in [-0.4, -0.2) is 16.8 Å². The SMILES string of the molecule is NC(=O)c1cc2c([nH]c1=O)CCC[C@H]2NC(=O)c1cc(Cl)sc1Cl. The third-order valence-electron chi connectivity index (χ3n) is 3.92. The molecule has 2 aromatic rings. The minimum Gasteiger partial charge on any atom is -0.365 e. The number of carbonyl (C=O) groups excluding carboxylic acids is 2. The molecule has 4 N–H and O–H groups in total. The Balaban J connectivity index is 1.93. The number of nitrogens with one attached hydrogen (secondary N) is 2. The molecule has 9 heteroatoms. The molecule has 0 saturated heterocycles. The molecular formula is C15H13Cl2N3O3S. The molecule has 0 aromatic carbocycles. The maximum absolute atomic E-state index is 12.4. The van der Waals surface area contributed by atoms with Gasteiger partial charge in [-0.25, -0.2) is 0 Å². The van der Waals surface area contributed by atoms with Crippen molar-refractivity contribution in [2.45, 2.75) is 25.3 Å². The Hall–Kier alpha value is -1.83. The highest BCUT2D eigenvalue weighted by Gasteiger charge is 2.26. The summed E-state index contributed by atoms with van der Waals surface area (Å²) in [5, 5.41) is 2.88. The quantitative estimate of drug-likeness (QED) is 0.755. The molecule has 2 heterocycles. The van der Waals surface area contributed by atoms with Crippen LogP contribution in [-0.2, 0) is 6.42 Å². The van der Waals surface area contributed by atoms with Crippen LogP contribution in [0.1, 0.15) is 50.9 Å². The van der Waals surface area contributed by atoms with E-state index < -0.39 is 11.5 Å². The minimum atomic E-state index is -0.803. The predicted molar refractivity (Wildman–Crippen MR) is 93.1 cm³/mol. The summed E-state index contributed by atoms with van der Waals surface area (Å²) in [4.78, 5) is 38.4. The maximum Gasteiger partial charge on any atom is 0.261 e. The van der Waals surface area contributed by atoms with Crippen molar-refractivity contribution in [1.29, 1.82) is 0 Å². The Labute approximate surface area is 151 Å². The summed E-state index contributed by atoms with van der Waals surface area (Å²) in [6.07, 6.45) is 2.14. The fraction of sp³-hybridized carbons (Fsp3) is 0.267. The summed E-state index contributed by atoms with van der Waals surface area (Å²) in [7, 11) is 0. The summed E-state index contributed by atoms with van der Waals surface area (Å²) in [6, 6.07) is 2.63. The summed E-state index contributed by atoms with van der Waals surface area (Å²) >= 11 is 13.0. The van der Waals surface area contributed by atoms with Gasteiger partial charge < -0.3 is 16.0 Å². The van der Waals surface area contributed by atoms with Crippen molar-refractivity contribution in [1.82, 2.24) is 10.3 Å². The molecule has 0 spiro atoms. The lowest BCUT2D eigenvalue weighted by Gasteiger charge is -2.26. The normalized spacial score (nSPS) is 16.5. The Kier molecular flexibility index (Phi) is 4.67. The second-order valence-corrected chi connectivity index (χ2v) is 7.75. The first-order chi connectivity index (χ1) is 11.4. The third-order valence-corrected chi connectivity index (χ3v) is 5.41. The number of aromatic nitrogens is 1. The molecule has 1 atom stereocenters. The van der Waals surface area contributed by atoms with Gasteiger partial charge in [0.25, 0.3) is 17.4 Å². The lowest BCUT2D eigenvalue weighted by atomic mass is 9.90. The van der Waals surface area contributed by atoms with Gasteiger partial charge in [-0.05, 0) is 37.0 Å². The van der Waals surface area contributed by atoms with Gasteiger partial charge in [0.2, 0.25) is 0 Å². The van der Waals surface area contributed by atoms with Gasteiger partial charge in [-0.2, -0.15) is 0 Å². The zero-order valence-corrected chi connectivity index (χ0v) is 14.6. The van der Waals surface area contributed by atoms with Gasteiger partial charge in [0.05, 0.1) is 15.9 Å². The number of hydrogen-bond donors (Lipinski definition) is 3. The van der Waals surface area contributed by atoms with Crippen molar-refractivity contribution in [2.24, 2.45) is 5.73 Å². The van der Waals surface area contributed by atoms with E-state index in [2.05, 4.69) is 10.3 Å². The van der Waals surface area contributed by atoms with Crippen LogP contribution < -0.4 is 16.6 Å². The number of H-pyrrole nitrogens is 1. The molecule has 0 unspecified atom stereocenters. The Morgan fingerprint density at radius 3 is 2.67 bits per heavy atom. The Bertz CT molecular complexity index is 891. The summed E-state index contributed by atoms with van der Waals surface area (Å²) < 4.78 is 0.738. The Morgan fingerprint density at radius 2 is 2.04 bits per heavy atom. The maximum atomic E-state index is 12.4. The van der Waals surface area contributed by atoms with Crippen molar-refractivity contribution in [3.05, 3.63) is 53.5 Å². The van der Waals surface area contributed by atoms with E-state index in [0.717, 1.165) is 17.8 Å². The van der Waals surface area contributed by atoms with Gasteiger partial charge in [0, 0.05) is 5.69 Å². The minimum absolute atomic E-state index is 0.119. The molecule has 0 bridgehead atoms. The van der Waals surface area contributed by atoms with E-state index in [-0.39, 0.29) is 17.5 Å². The van der Waals surface area contributed by atoms with E-state index in [1.165, 1.54) is 12.1 Å². The molecule has 0 fully saturated rings. The Morgan fingerprint density at radius 1 is 1.29 bits per heavy atom. The molecular weight excluding hydrogens is 373 g/mol. The number of aromatic amines is 1. The van der Waals surface area contributed by atoms with Crippen LogP contribution in [0.15, 0.2) is 16.9 Å². The number of primary amides is 1. The number of halogens is 2. The van der Waals surface area contributed by atoms with Crippen LogP contribution in [0.5, 0.6) is 0 Å². The number of rotatable bonds is 3. The van der Waals surface area contributed by atoms with Crippen LogP contribution in [0.25, 0.3) is 0 Å². The smallest absolute Gasteiger partial charge is 0.261 e. The molecule has 1 aliphatic carbocycles. The van der Waals surface area contributed by atoms with E-state index in [9.17, 15) is 14.4 Å². The highest BCUT2D eigenvalue weighted by molar-refractivity contribution is 7.20. The first-order valence-electron chi connectivity index (χ1n) is 7.18. The molecule has 0 saturated carbocycles. The average molecular weight is 386 g/mol. The van der Waals surface area contributed by atoms with Crippen LogP contribution >= 0.6 is 34.5 Å². The van der Waals surface area contributed by atoms with Crippen molar-refractivity contribution < 1.29 is 9.59 Å². The fourth-order valence-corrected chi connectivity index (χ4v) is 4.26. The largest absolute Gasteiger partial charge is 0.365 e. The second kappa shape index (κ2) is 6.58. The summed E-state index contributed by atoms with van der Waals surface area (Å²) in [6.45, 7) is 0. The van der Waals surface area contributed by atoms with Crippen molar-refractivity contribution >= 4 is 46.4 Å². The van der Waals surface area contributed by atoms with Gasteiger partial charge in [-0.1, -0.05) is 23.2 Å². The van der Waals surface area contributed by atoms with Crippen LogP contribution in [0, 0.1) is 0 Å². The molecule has 2 aromatic heterocycles. The molecule has 24 heavy (non-hydrogen) atoms. The van der Waals surface area contributed by atoms with Gasteiger partial charge in [-0.3, -0.25) is 14.4 Å². The average Bonchev–Trinajstić information content (AvgIpc) is 2.85. The van der Waals surface area contributed by atoms with Crippen molar-refractivity contribution in [2.75, 3.05) is 0 Å². The van der Waals surface area contributed by atoms with E-state index in [1.54, 1.807) is 0 Å². The number of carbonyl (C=O) groups is 2. The number of fused-ring (bicyclic) bond motifs is 1. The van der Waals surface area contributed by atoms with Crippen molar-refractivity contribution in [3.63, 3.8) is 0 Å². The third kappa shape index (κ3) is 3.19. The van der Waals surface area contributed by atoms with E-state index in [1.807, 2.05) is 0 Å². The standard InChI is InChI=1S/C15H13Cl2N3O3S/c16-11-5-7(12(17)24-11)14(22)19-9-2-1-3-10-6(9)4-8(13(18)21)15(23)20-10/h4-5,9H,1-3H2,(H2,18,21)(H,19,22)(H,20,23)/t9-/m1/s1. The molecule has 3 rings (SSSR count). The topological polar surface area (TPSA) is 105 Å². The number of amides is 2. The van der Waals surface area contributed by atoms with Crippen LogP contribution in [0.4, 0.5) is 0 Å². The molecule has 2 amide bonds. The lowest BCUT2D eigenvalue weighted by molar-refractivity contribution is 0.0933. The van der Waals surface area contributed by atoms with Crippen LogP contribution in [0.2, 0.25) is 8.67 Å². The van der Waals surface area contributed by atoms with E-state index >= 15 is 0 Å². The highest BCUT2D eigenvalue weighted by atomic mass is 35.5. The second-order valence-electron chi connectivity index (χ2n) is 5.47. The van der Waals surface area contributed by atoms with Gasteiger partial charge in [0.1, 0.15) is 9.90 Å². The molecule has 0 aliphatic heterocycles. The predicted octanol–water partition coefficient (Wildman–Crippen LogP) is 2.65. The molecule has 6 nitrogen and oxygen atoms in total. The number of pyridine rings is 1. The first-order valence-corrected chi connectivity index (χ1v) is 8.75. The summed E-state index contributed by atoms with van der Waals surface area (Å²) in [5.41, 5.74) is 6.30. The van der Waals surface area contributed by atoms with E-state index in [4.69, 9.17) is 28.9 Å². The number of thiophene rings is 1. The number of nitrogens with two attached hydrogens (primary N) is 1. The number of hydrogen-bond acceptors (Lipinski definition) is 4. The highest BCUT2D eigenvalue weighted by Crippen LogP contribution is 2.33.